The van der Waals surface area contributed by atoms with E-state index in [0.29, 0.717) is 16.5 Å². The van der Waals surface area contributed by atoms with Crippen LogP contribution in [0.3, 0.4) is 0 Å². The Hall–Kier alpha value is -3.19. The molecule has 2 aromatic carbocycles. The van der Waals surface area contributed by atoms with Crippen LogP contribution in [0.5, 0.6) is 0 Å². The van der Waals surface area contributed by atoms with Crippen molar-refractivity contribution >= 4 is 45.6 Å². The average molecular weight is 339 g/mol. The van der Waals surface area contributed by atoms with Crippen molar-refractivity contribution < 1.29 is 0 Å². The zero-order chi connectivity index (χ0) is 16.7. The Kier molecular flexibility index (Phi) is 3.28. The van der Waals surface area contributed by atoms with E-state index in [4.69, 9.17) is 17.3 Å². The molecule has 3 N–H and O–H groups in total. The first kappa shape index (κ1) is 14.4. The first-order chi connectivity index (χ1) is 11.6. The molecule has 0 unspecified atom stereocenters. The number of nitrogens with one attached hydrogen (secondary N) is 1. The van der Waals surface area contributed by atoms with E-state index in [1.54, 1.807) is 28.7 Å². The summed E-state index contributed by atoms with van der Waals surface area (Å²) in [5, 5.41) is 8.57. The molecule has 4 rings (SSSR count). The molecule has 0 spiro atoms. The smallest absolute Gasteiger partial charge is 0.282 e. The van der Waals surface area contributed by atoms with Crippen molar-refractivity contribution in [2.75, 3.05) is 5.73 Å². The molecule has 0 aliphatic rings. The molecule has 0 radical (unpaired) electrons. The number of nitrogens with two attached hydrogens (primary N) is 1. The van der Waals surface area contributed by atoms with Crippen LogP contribution >= 0.6 is 11.6 Å². The van der Waals surface area contributed by atoms with Gasteiger partial charge >= 0.3 is 0 Å². The lowest BCUT2D eigenvalue weighted by molar-refractivity contribution is 1.08. The molecule has 118 valence electrons. The molecule has 2 heterocycles. The number of imidazole rings is 1. The molecular weight excluding hydrogens is 328 g/mol. The number of rotatable bonds is 2. The zero-order valence-corrected chi connectivity index (χ0v) is 13.0. The fraction of sp³-hybridized carbons (Fsp3) is 0. The van der Waals surface area contributed by atoms with Gasteiger partial charge in [0.05, 0.1) is 16.7 Å². The van der Waals surface area contributed by atoms with Gasteiger partial charge in [0.1, 0.15) is 5.82 Å². The van der Waals surface area contributed by atoms with Crippen LogP contribution in [-0.4, -0.2) is 14.4 Å². The number of aromatic amines is 1. The molecule has 0 aliphatic carbocycles. The van der Waals surface area contributed by atoms with Gasteiger partial charge in [0, 0.05) is 5.02 Å². The van der Waals surface area contributed by atoms with Gasteiger partial charge in [-0.1, -0.05) is 29.8 Å². The third-order valence-corrected chi connectivity index (χ3v) is 3.79. The van der Waals surface area contributed by atoms with Crippen molar-refractivity contribution in [2.24, 2.45) is 10.2 Å². The lowest BCUT2D eigenvalue weighted by Crippen LogP contribution is -2.12. The van der Waals surface area contributed by atoms with Crippen LogP contribution in [0, 0.1) is 0 Å². The summed E-state index contributed by atoms with van der Waals surface area (Å²) < 4.78 is 1.64. The molecule has 0 atom stereocenters. The van der Waals surface area contributed by atoms with Crippen molar-refractivity contribution in [3.8, 4) is 0 Å². The summed E-state index contributed by atoms with van der Waals surface area (Å²) in [4.78, 5) is 19.3. The number of azo groups is 1. The molecular formula is C16H11ClN6O. The van der Waals surface area contributed by atoms with E-state index in [1.807, 2.05) is 24.3 Å². The minimum atomic E-state index is -0.457. The van der Waals surface area contributed by atoms with Crippen molar-refractivity contribution in [1.29, 1.82) is 0 Å². The summed E-state index contributed by atoms with van der Waals surface area (Å²) in [5.74, 6) is 0.536. The lowest BCUT2D eigenvalue weighted by atomic mass is 10.3. The Balaban J connectivity index is 1.92. The second kappa shape index (κ2) is 5.47. The minimum Gasteiger partial charge on any atom is -0.383 e. The highest BCUT2D eigenvalue weighted by Crippen LogP contribution is 2.25. The van der Waals surface area contributed by atoms with Gasteiger partial charge in [0.2, 0.25) is 5.78 Å². The number of H-pyrrole nitrogens is 1. The quantitative estimate of drug-likeness (QED) is 0.543. The predicted octanol–water partition coefficient (Wildman–Crippen LogP) is 3.83. The van der Waals surface area contributed by atoms with E-state index in [2.05, 4.69) is 20.2 Å². The van der Waals surface area contributed by atoms with E-state index >= 15 is 0 Å². The Labute approximate surface area is 140 Å². The lowest BCUT2D eigenvalue weighted by Gasteiger charge is -2.03. The third-order valence-electron chi connectivity index (χ3n) is 3.56. The van der Waals surface area contributed by atoms with Crippen LogP contribution in [-0.2, 0) is 0 Å². The fourth-order valence-electron chi connectivity index (χ4n) is 2.48. The largest absolute Gasteiger partial charge is 0.383 e. The van der Waals surface area contributed by atoms with Crippen LogP contribution in [0.4, 0.5) is 17.2 Å². The Morgan fingerprint density at radius 3 is 2.79 bits per heavy atom. The predicted molar refractivity (Wildman–Crippen MR) is 93.4 cm³/mol. The van der Waals surface area contributed by atoms with E-state index < -0.39 is 5.56 Å². The number of nitrogen functional groups attached to an aromatic ring is 1. The van der Waals surface area contributed by atoms with E-state index in [9.17, 15) is 4.79 Å². The summed E-state index contributed by atoms with van der Waals surface area (Å²) >= 11 is 5.91. The van der Waals surface area contributed by atoms with Gasteiger partial charge in [0.25, 0.3) is 5.56 Å². The molecule has 7 nitrogen and oxygen atoms in total. The van der Waals surface area contributed by atoms with Crippen molar-refractivity contribution in [2.45, 2.75) is 0 Å². The highest BCUT2D eigenvalue weighted by Gasteiger charge is 2.13. The topological polar surface area (TPSA) is 101 Å². The molecule has 4 aromatic rings. The third kappa shape index (κ3) is 2.31. The summed E-state index contributed by atoms with van der Waals surface area (Å²) in [6.07, 6.45) is 0. The Morgan fingerprint density at radius 1 is 1.12 bits per heavy atom. The van der Waals surface area contributed by atoms with Gasteiger partial charge < -0.3 is 5.73 Å². The Morgan fingerprint density at radius 2 is 1.96 bits per heavy atom. The van der Waals surface area contributed by atoms with Gasteiger partial charge in [-0.2, -0.15) is 5.11 Å². The average Bonchev–Trinajstić information content (AvgIpc) is 2.92. The summed E-state index contributed by atoms with van der Waals surface area (Å²) in [7, 11) is 0. The van der Waals surface area contributed by atoms with Gasteiger partial charge in [-0.3, -0.25) is 14.2 Å². The van der Waals surface area contributed by atoms with Crippen LogP contribution in [0.1, 0.15) is 0 Å². The Bertz CT molecular complexity index is 1160. The van der Waals surface area contributed by atoms with Crippen LogP contribution < -0.4 is 11.3 Å². The second-order valence-corrected chi connectivity index (χ2v) is 5.56. The molecule has 0 aliphatic heterocycles. The molecule has 0 bridgehead atoms. The van der Waals surface area contributed by atoms with Crippen LogP contribution in [0.2, 0.25) is 5.02 Å². The molecule has 0 saturated carbocycles. The number of nitrogens with zero attached hydrogens (tertiary/aromatic N) is 4. The summed E-state index contributed by atoms with van der Waals surface area (Å²) in [6.45, 7) is 0. The van der Waals surface area contributed by atoms with E-state index in [1.165, 1.54) is 0 Å². The second-order valence-electron chi connectivity index (χ2n) is 5.13. The molecule has 0 fully saturated rings. The number of anilines is 1. The first-order valence-electron chi connectivity index (χ1n) is 7.10. The fourth-order valence-corrected chi connectivity index (χ4v) is 2.66. The number of halogens is 1. The number of fused-ring (bicyclic) bond motifs is 3. The van der Waals surface area contributed by atoms with Gasteiger partial charge in [-0.25, -0.2) is 4.98 Å². The molecule has 24 heavy (non-hydrogen) atoms. The maximum absolute atomic E-state index is 12.3. The summed E-state index contributed by atoms with van der Waals surface area (Å²) in [6, 6.07) is 14.3. The SMILES string of the molecule is Nc1c(N=Nc2cccc(Cl)c2)c(=O)[nH]c2nc3ccccc3n12. The van der Waals surface area contributed by atoms with Crippen molar-refractivity contribution in [3.63, 3.8) is 0 Å². The first-order valence-corrected chi connectivity index (χ1v) is 7.47. The number of hydrogen-bond acceptors (Lipinski definition) is 5. The summed E-state index contributed by atoms with van der Waals surface area (Å²) in [5.41, 5.74) is 7.74. The van der Waals surface area contributed by atoms with Crippen LogP contribution in [0.15, 0.2) is 63.6 Å². The molecule has 8 heteroatoms. The zero-order valence-electron chi connectivity index (χ0n) is 12.3. The van der Waals surface area contributed by atoms with Crippen LogP contribution in [0.25, 0.3) is 16.8 Å². The maximum Gasteiger partial charge on any atom is 0.282 e. The monoisotopic (exact) mass is 338 g/mol. The number of benzene rings is 2. The molecule has 0 amide bonds. The number of para-hydroxylation sites is 2. The molecule has 0 saturated heterocycles. The van der Waals surface area contributed by atoms with E-state index in [0.717, 1.165) is 11.0 Å². The van der Waals surface area contributed by atoms with E-state index in [-0.39, 0.29) is 11.5 Å². The van der Waals surface area contributed by atoms with Crippen molar-refractivity contribution in [3.05, 3.63) is 63.9 Å². The normalized spacial score (nSPS) is 11.7. The number of aromatic nitrogens is 3. The number of hydrogen-bond donors (Lipinski definition) is 2. The van der Waals surface area contributed by atoms with Gasteiger partial charge in [0.15, 0.2) is 5.69 Å². The highest BCUT2D eigenvalue weighted by molar-refractivity contribution is 6.30. The molecule has 2 aromatic heterocycles. The minimum absolute atomic E-state index is 0.0191. The standard InChI is InChI=1S/C16H11ClN6O/c17-9-4-3-5-10(8-9)21-22-13-14(18)23-12-7-2-1-6-11(12)19-16(23)20-15(13)24/h1-8H,18H2,(H,19,20,24). The van der Waals surface area contributed by atoms with Crippen molar-refractivity contribution in [1.82, 2.24) is 14.4 Å². The maximum atomic E-state index is 12.3. The van der Waals surface area contributed by atoms with Gasteiger partial charge in [-0.05, 0) is 30.3 Å². The highest BCUT2D eigenvalue weighted by atomic mass is 35.5. The van der Waals surface area contributed by atoms with Gasteiger partial charge in [-0.15, -0.1) is 5.11 Å².